The zero-order valence-electron chi connectivity index (χ0n) is 31.3. The fourth-order valence-electron chi connectivity index (χ4n) is 8.28. The fraction of sp³-hybridized carbons (Fsp3) is 0.0566. The molecule has 0 radical (unpaired) electrons. The van der Waals surface area contributed by atoms with Gasteiger partial charge in [-0.1, -0.05) is 140 Å². The summed E-state index contributed by atoms with van der Waals surface area (Å²) < 4.78 is 9.32. The van der Waals surface area contributed by atoms with Crippen LogP contribution in [0.5, 0.6) is 11.5 Å². The van der Waals surface area contributed by atoms with E-state index in [4.69, 9.17) is 4.74 Å². The van der Waals surface area contributed by atoms with E-state index in [-0.39, 0.29) is 0 Å². The van der Waals surface area contributed by atoms with Crippen molar-refractivity contribution in [1.29, 1.82) is 0 Å². The molecule has 8 aromatic carbocycles. The minimum Gasteiger partial charge on any atom is -0.455 e. The van der Waals surface area contributed by atoms with Crippen LogP contribution in [-0.4, -0.2) is 4.57 Å². The van der Waals surface area contributed by atoms with E-state index in [9.17, 15) is 0 Å². The molecule has 0 unspecified atom stereocenters. The maximum Gasteiger partial charge on any atom is 0.156 e. The van der Waals surface area contributed by atoms with Crippen LogP contribution in [0.25, 0.3) is 50.0 Å². The van der Waals surface area contributed by atoms with Crippen molar-refractivity contribution in [2.24, 2.45) is 0 Å². The molecule has 268 valence electrons. The molecule has 0 atom stereocenters. The lowest BCUT2D eigenvalue weighted by Gasteiger charge is -2.26. The Hall–Kier alpha value is -7.10. The lowest BCUT2D eigenvalue weighted by Crippen LogP contribution is -2.09. The van der Waals surface area contributed by atoms with E-state index < -0.39 is 0 Å². The number of benzene rings is 8. The molecule has 10 rings (SSSR count). The molecule has 3 heteroatoms. The topological polar surface area (TPSA) is 17.4 Å². The Bertz CT molecular complexity index is 2720. The van der Waals surface area contributed by atoms with Gasteiger partial charge in [0, 0.05) is 34.6 Å². The highest BCUT2D eigenvalue weighted by atomic mass is 16.5. The Morgan fingerprint density at radius 2 is 0.946 bits per heavy atom. The Balaban J connectivity index is 1.02. The van der Waals surface area contributed by atoms with Crippen LogP contribution in [0.2, 0.25) is 0 Å². The van der Waals surface area contributed by atoms with Crippen molar-refractivity contribution in [3.8, 4) is 50.6 Å². The number of ether oxygens (including phenoxy) is 1. The molecular weight excluding hydrogens is 681 g/mol. The van der Waals surface area contributed by atoms with E-state index in [0.29, 0.717) is 0 Å². The van der Waals surface area contributed by atoms with Crippen molar-refractivity contribution in [2.45, 2.75) is 19.8 Å². The van der Waals surface area contributed by atoms with Gasteiger partial charge in [-0.2, -0.15) is 0 Å². The number of para-hydroxylation sites is 2. The van der Waals surface area contributed by atoms with Gasteiger partial charge in [0.1, 0.15) is 5.75 Å². The van der Waals surface area contributed by atoms with Crippen LogP contribution in [-0.2, 0) is 12.8 Å². The Morgan fingerprint density at radius 3 is 1.54 bits per heavy atom. The van der Waals surface area contributed by atoms with Gasteiger partial charge in [-0.15, -0.1) is 0 Å². The molecule has 1 aliphatic rings. The van der Waals surface area contributed by atoms with Crippen LogP contribution in [0.1, 0.15) is 23.7 Å². The van der Waals surface area contributed by atoms with Crippen molar-refractivity contribution in [3.05, 3.63) is 217 Å². The molecule has 0 fully saturated rings. The Morgan fingerprint density at radius 1 is 0.464 bits per heavy atom. The molecule has 0 saturated heterocycles. The predicted octanol–water partition coefficient (Wildman–Crippen LogP) is 14.4. The van der Waals surface area contributed by atoms with Gasteiger partial charge in [0.2, 0.25) is 0 Å². The van der Waals surface area contributed by atoms with Gasteiger partial charge in [0.25, 0.3) is 0 Å². The summed E-state index contributed by atoms with van der Waals surface area (Å²) in [6, 6.07) is 71.9. The summed E-state index contributed by atoms with van der Waals surface area (Å²) in [6.07, 6.45) is 1.63. The minimum atomic E-state index is 0.770. The number of hydrogen-bond donors (Lipinski definition) is 0. The third-order valence-electron chi connectivity index (χ3n) is 11.1. The first kappa shape index (κ1) is 33.5. The first-order valence-corrected chi connectivity index (χ1v) is 19.4. The number of fused-ring (bicyclic) bond motifs is 8. The molecule has 2 bridgehead atoms. The number of nitrogens with zero attached hydrogens (tertiary/aromatic N) is 2. The highest BCUT2D eigenvalue weighted by molar-refractivity contribution is 5.91. The van der Waals surface area contributed by atoms with Crippen molar-refractivity contribution >= 4 is 28.0 Å². The number of aromatic nitrogens is 1. The number of anilines is 3. The van der Waals surface area contributed by atoms with E-state index in [2.05, 4.69) is 217 Å². The summed E-state index contributed by atoms with van der Waals surface area (Å²) in [7, 11) is 0. The maximum atomic E-state index is 6.91. The number of hydrogen-bond acceptors (Lipinski definition) is 2. The van der Waals surface area contributed by atoms with Crippen molar-refractivity contribution < 1.29 is 4.74 Å². The zero-order chi connectivity index (χ0) is 37.4. The van der Waals surface area contributed by atoms with Crippen LogP contribution >= 0.6 is 0 Å². The van der Waals surface area contributed by atoms with E-state index >= 15 is 0 Å². The van der Waals surface area contributed by atoms with Crippen LogP contribution < -0.4 is 9.64 Å². The highest BCUT2D eigenvalue weighted by Gasteiger charge is 2.24. The second-order valence-electron chi connectivity index (χ2n) is 14.4. The summed E-state index contributed by atoms with van der Waals surface area (Å²) in [5, 5.41) is 1.14. The molecule has 1 aliphatic heterocycles. The number of rotatable bonds is 7. The Labute approximate surface area is 328 Å². The molecule has 9 aromatic rings. The van der Waals surface area contributed by atoms with Gasteiger partial charge < -0.3 is 14.2 Å². The second kappa shape index (κ2) is 14.3. The van der Waals surface area contributed by atoms with E-state index in [1.165, 1.54) is 50.3 Å². The maximum absolute atomic E-state index is 6.91. The average Bonchev–Trinajstić information content (AvgIpc) is 3.60. The zero-order valence-corrected chi connectivity index (χ0v) is 31.3. The van der Waals surface area contributed by atoms with Gasteiger partial charge in [-0.25, -0.2) is 0 Å². The smallest absolute Gasteiger partial charge is 0.156 e. The summed E-state index contributed by atoms with van der Waals surface area (Å²) in [4.78, 5) is 2.34. The van der Waals surface area contributed by atoms with Crippen LogP contribution in [0.15, 0.2) is 200 Å². The first-order chi connectivity index (χ1) is 27.7. The molecular formula is C53H40N2O. The van der Waals surface area contributed by atoms with E-state index in [0.717, 1.165) is 57.9 Å². The molecule has 0 spiro atoms. The molecule has 0 N–H and O–H groups in total. The van der Waals surface area contributed by atoms with Gasteiger partial charge >= 0.3 is 0 Å². The van der Waals surface area contributed by atoms with E-state index in [1.54, 1.807) is 0 Å². The molecule has 56 heavy (non-hydrogen) atoms. The molecule has 0 amide bonds. The monoisotopic (exact) mass is 720 g/mol. The van der Waals surface area contributed by atoms with Gasteiger partial charge in [-0.3, -0.25) is 0 Å². The minimum absolute atomic E-state index is 0.770. The summed E-state index contributed by atoms with van der Waals surface area (Å²) in [5.41, 5.74) is 16.5. The highest BCUT2D eigenvalue weighted by Crippen LogP contribution is 2.44. The predicted molar refractivity (Wildman–Crippen MR) is 233 cm³/mol. The SMILES string of the molecule is CCc1c2c3ccccc3n1-c1ccccc1Cc1cc(-c3ccc(N(c4ccc(-c5ccccc5)cc4)c4ccc(-c5ccccc5)cc4)cc3)ccc1O2. The third kappa shape index (κ3) is 6.04. The third-order valence-corrected chi connectivity index (χ3v) is 11.1. The van der Waals surface area contributed by atoms with Gasteiger partial charge in [0.15, 0.2) is 5.75 Å². The van der Waals surface area contributed by atoms with Crippen molar-refractivity contribution in [2.75, 3.05) is 4.90 Å². The standard InChI is InChI=1S/C53H40N2O/c1-2-49-53-48-18-10-12-20-51(48)55(49)50-19-11-9-17-43(50)36-44-35-42(27-34-52(44)56-53)41-25-32-47(33-26-41)54(45-28-21-39(22-29-45)37-13-5-3-6-14-37)46-30-23-40(24-31-46)38-15-7-4-8-16-38/h3-35H,2,36H2,1H3. The lowest BCUT2D eigenvalue weighted by atomic mass is 9.97. The molecule has 0 saturated carbocycles. The van der Waals surface area contributed by atoms with Crippen LogP contribution in [0, 0.1) is 0 Å². The molecule has 2 heterocycles. The van der Waals surface area contributed by atoms with Gasteiger partial charge in [0.05, 0.1) is 11.2 Å². The fourth-order valence-corrected chi connectivity index (χ4v) is 8.28. The molecule has 3 nitrogen and oxygen atoms in total. The second-order valence-corrected chi connectivity index (χ2v) is 14.4. The van der Waals surface area contributed by atoms with Gasteiger partial charge in [-0.05, 0) is 118 Å². The van der Waals surface area contributed by atoms with Crippen LogP contribution in [0.3, 0.4) is 0 Å². The summed E-state index contributed by atoms with van der Waals surface area (Å²) in [5.74, 6) is 1.86. The van der Waals surface area contributed by atoms with E-state index in [1.807, 2.05) is 0 Å². The van der Waals surface area contributed by atoms with Crippen molar-refractivity contribution in [3.63, 3.8) is 0 Å². The lowest BCUT2D eigenvalue weighted by molar-refractivity contribution is 0.476. The average molecular weight is 721 g/mol. The normalized spacial score (nSPS) is 11.8. The molecule has 0 aliphatic carbocycles. The molecule has 1 aromatic heterocycles. The largest absolute Gasteiger partial charge is 0.455 e. The quantitative estimate of drug-likeness (QED) is 0.163. The van der Waals surface area contributed by atoms with Crippen molar-refractivity contribution in [1.82, 2.24) is 4.57 Å². The summed E-state index contributed by atoms with van der Waals surface area (Å²) >= 11 is 0. The Kier molecular flexibility index (Phi) is 8.53. The first-order valence-electron chi connectivity index (χ1n) is 19.4. The van der Waals surface area contributed by atoms with Crippen LogP contribution in [0.4, 0.5) is 17.1 Å². The summed E-state index contributed by atoms with van der Waals surface area (Å²) in [6.45, 7) is 2.21.